The van der Waals surface area contributed by atoms with Crippen molar-refractivity contribution in [2.24, 2.45) is 11.1 Å². The van der Waals surface area contributed by atoms with Crippen LogP contribution in [0.2, 0.25) is 0 Å². The van der Waals surface area contributed by atoms with E-state index in [1.807, 2.05) is 0 Å². The molecular weight excluding hydrogens is 302 g/mol. The van der Waals surface area contributed by atoms with Crippen molar-refractivity contribution < 1.29 is 17.4 Å². The molecule has 0 unspecified atom stereocenters. The Morgan fingerprint density at radius 3 is 2.23 bits per heavy atom. The largest absolute Gasteiger partial charge is 0.342 e. The van der Waals surface area contributed by atoms with E-state index in [0.717, 1.165) is 38.5 Å². The summed E-state index contributed by atoms with van der Waals surface area (Å²) in [5.74, 6) is -0.712. The van der Waals surface area contributed by atoms with Crippen LogP contribution in [0.3, 0.4) is 0 Å². The van der Waals surface area contributed by atoms with Crippen LogP contribution in [-0.2, 0) is 19.1 Å². The fourth-order valence-electron chi connectivity index (χ4n) is 3.02. The van der Waals surface area contributed by atoms with Gasteiger partial charge in [-0.05, 0) is 36.9 Å². The quantitative estimate of drug-likeness (QED) is 0.664. The number of rotatable bonds is 5. The number of carbonyl (C=O) groups excluding carboxylic acids is 1. The maximum Gasteiger partial charge on any atom is 0.341 e. The zero-order valence-corrected chi connectivity index (χ0v) is 13.5. The van der Waals surface area contributed by atoms with Gasteiger partial charge in [-0.25, -0.2) is 0 Å². The molecule has 1 aliphatic carbocycles. The first-order chi connectivity index (χ1) is 10.5. The average Bonchev–Trinajstić information content (AvgIpc) is 2.73. The molecule has 1 saturated carbocycles. The second-order valence-electron chi connectivity index (χ2n) is 6.02. The molecule has 0 spiro atoms. The minimum atomic E-state index is -4.04. The van der Waals surface area contributed by atoms with E-state index in [2.05, 4.69) is 0 Å². The van der Waals surface area contributed by atoms with Crippen molar-refractivity contribution in [1.82, 2.24) is 0 Å². The highest BCUT2D eigenvalue weighted by Crippen LogP contribution is 2.37. The average molecular weight is 325 g/mol. The standard InChI is InChI=1S/C16H23NO4S/c17-13-16(10-6-1-2-7-11-16)12-15(18)21-22(19,20)14-8-4-3-5-9-14/h3-5,8-9H,1-2,6-7,10-13,17H2. The van der Waals surface area contributed by atoms with Gasteiger partial charge in [0.05, 0.1) is 6.42 Å². The number of carbonyl (C=O) groups is 1. The summed E-state index contributed by atoms with van der Waals surface area (Å²) in [6.07, 6.45) is 6.09. The molecule has 122 valence electrons. The van der Waals surface area contributed by atoms with Crippen molar-refractivity contribution in [2.75, 3.05) is 6.54 Å². The summed E-state index contributed by atoms with van der Waals surface area (Å²) < 4.78 is 28.9. The highest BCUT2D eigenvalue weighted by molar-refractivity contribution is 7.87. The molecular formula is C16H23NO4S. The third-order valence-corrected chi connectivity index (χ3v) is 5.61. The lowest BCUT2D eigenvalue weighted by Gasteiger charge is -2.30. The van der Waals surface area contributed by atoms with Gasteiger partial charge >= 0.3 is 16.1 Å². The topological polar surface area (TPSA) is 86.5 Å². The van der Waals surface area contributed by atoms with Crippen LogP contribution in [-0.4, -0.2) is 20.9 Å². The predicted octanol–water partition coefficient (Wildman–Crippen LogP) is 2.61. The number of benzene rings is 1. The van der Waals surface area contributed by atoms with Gasteiger partial charge < -0.3 is 9.92 Å². The van der Waals surface area contributed by atoms with Crippen LogP contribution in [0.5, 0.6) is 0 Å². The molecule has 1 aliphatic rings. The molecule has 0 amide bonds. The number of hydrogen-bond acceptors (Lipinski definition) is 5. The number of hydrogen-bond donors (Lipinski definition) is 1. The molecule has 0 saturated heterocycles. The van der Waals surface area contributed by atoms with Gasteiger partial charge in [-0.1, -0.05) is 43.9 Å². The van der Waals surface area contributed by atoms with Crippen molar-refractivity contribution >= 4 is 16.1 Å². The zero-order chi connectivity index (χ0) is 16.1. The van der Waals surface area contributed by atoms with E-state index in [0.29, 0.717) is 6.54 Å². The molecule has 1 fully saturated rings. The highest BCUT2D eigenvalue weighted by atomic mass is 32.2. The van der Waals surface area contributed by atoms with Crippen molar-refractivity contribution in [2.45, 2.75) is 49.8 Å². The Hall–Kier alpha value is -1.40. The van der Waals surface area contributed by atoms with Crippen LogP contribution >= 0.6 is 0 Å². The summed E-state index contributed by atoms with van der Waals surface area (Å²) in [5, 5.41) is 0. The zero-order valence-electron chi connectivity index (χ0n) is 12.7. The van der Waals surface area contributed by atoms with Crippen molar-refractivity contribution in [1.29, 1.82) is 0 Å². The van der Waals surface area contributed by atoms with Gasteiger partial charge in [-0.2, -0.15) is 8.42 Å². The van der Waals surface area contributed by atoms with Gasteiger partial charge in [0.1, 0.15) is 4.90 Å². The fraction of sp³-hybridized carbons (Fsp3) is 0.562. The monoisotopic (exact) mass is 325 g/mol. The van der Waals surface area contributed by atoms with E-state index < -0.39 is 16.1 Å². The van der Waals surface area contributed by atoms with Gasteiger partial charge in [0.15, 0.2) is 0 Å². The van der Waals surface area contributed by atoms with Gasteiger partial charge in [0, 0.05) is 0 Å². The molecule has 1 aromatic carbocycles. The summed E-state index contributed by atoms with van der Waals surface area (Å²) in [6, 6.07) is 7.70. The van der Waals surface area contributed by atoms with E-state index in [9.17, 15) is 13.2 Å². The van der Waals surface area contributed by atoms with Crippen LogP contribution in [0.25, 0.3) is 0 Å². The van der Waals surface area contributed by atoms with Gasteiger partial charge in [0.2, 0.25) is 0 Å². The lowest BCUT2D eigenvalue weighted by Crippen LogP contribution is -2.33. The molecule has 0 atom stereocenters. The van der Waals surface area contributed by atoms with E-state index in [-0.39, 0.29) is 16.7 Å². The van der Waals surface area contributed by atoms with Crippen LogP contribution in [0.1, 0.15) is 44.9 Å². The third kappa shape index (κ3) is 4.30. The second kappa shape index (κ2) is 7.24. The maximum absolute atomic E-state index is 12.1. The van der Waals surface area contributed by atoms with Crippen LogP contribution in [0.4, 0.5) is 0 Å². The SMILES string of the molecule is NCC1(CC(=O)OS(=O)(=O)c2ccccc2)CCCCCC1. The van der Waals surface area contributed by atoms with Crippen molar-refractivity contribution in [3.8, 4) is 0 Å². The molecule has 2 N–H and O–H groups in total. The second-order valence-corrected chi connectivity index (χ2v) is 7.56. The van der Waals surface area contributed by atoms with E-state index in [1.165, 1.54) is 12.1 Å². The summed E-state index contributed by atoms with van der Waals surface area (Å²) in [4.78, 5) is 12.1. The molecule has 0 heterocycles. The Labute approximate surface area is 132 Å². The maximum atomic E-state index is 12.1. The van der Waals surface area contributed by atoms with E-state index >= 15 is 0 Å². The summed E-state index contributed by atoms with van der Waals surface area (Å²) in [5.41, 5.74) is 5.55. The summed E-state index contributed by atoms with van der Waals surface area (Å²) in [7, 11) is -4.04. The van der Waals surface area contributed by atoms with Crippen LogP contribution in [0, 0.1) is 5.41 Å². The van der Waals surface area contributed by atoms with Gasteiger partial charge in [0.25, 0.3) is 0 Å². The minimum absolute atomic E-state index is 0.00832. The Balaban J connectivity index is 2.05. The molecule has 0 aromatic heterocycles. The van der Waals surface area contributed by atoms with Gasteiger partial charge in [-0.15, -0.1) is 0 Å². The molecule has 6 heteroatoms. The van der Waals surface area contributed by atoms with Gasteiger partial charge in [-0.3, -0.25) is 4.79 Å². The summed E-state index contributed by atoms with van der Waals surface area (Å²) in [6.45, 7) is 0.382. The Bertz CT molecular complexity index is 590. The molecule has 22 heavy (non-hydrogen) atoms. The van der Waals surface area contributed by atoms with Crippen molar-refractivity contribution in [3.05, 3.63) is 30.3 Å². The van der Waals surface area contributed by atoms with E-state index in [4.69, 9.17) is 9.92 Å². The first kappa shape index (κ1) is 17.0. The third-order valence-electron chi connectivity index (χ3n) is 4.35. The van der Waals surface area contributed by atoms with Crippen molar-refractivity contribution in [3.63, 3.8) is 0 Å². The molecule has 0 bridgehead atoms. The Morgan fingerprint density at radius 2 is 1.68 bits per heavy atom. The minimum Gasteiger partial charge on any atom is -0.342 e. The normalized spacial score (nSPS) is 18.4. The van der Waals surface area contributed by atoms with Crippen LogP contribution < -0.4 is 5.73 Å². The highest BCUT2D eigenvalue weighted by Gasteiger charge is 2.34. The molecule has 0 aliphatic heterocycles. The Kier molecular flexibility index (Phi) is 5.58. The van der Waals surface area contributed by atoms with E-state index in [1.54, 1.807) is 18.2 Å². The first-order valence-corrected chi connectivity index (χ1v) is 9.11. The molecule has 0 radical (unpaired) electrons. The Morgan fingerprint density at radius 1 is 1.09 bits per heavy atom. The fourth-order valence-corrected chi connectivity index (χ4v) is 3.92. The molecule has 2 rings (SSSR count). The first-order valence-electron chi connectivity index (χ1n) is 7.70. The molecule has 1 aromatic rings. The predicted molar refractivity (Wildman–Crippen MR) is 83.5 cm³/mol. The van der Waals surface area contributed by atoms with Crippen LogP contribution in [0.15, 0.2) is 35.2 Å². The number of nitrogens with two attached hydrogens (primary N) is 1. The molecule has 5 nitrogen and oxygen atoms in total. The lowest BCUT2D eigenvalue weighted by molar-refractivity contribution is -0.136. The smallest absolute Gasteiger partial charge is 0.341 e. The lowest BCUT2D eigenvalue weighted by atomic mass is 9.77. The summed E-state index contributed by atoms with van der Waals surface area (Å²) >= 11 is 0.